The van der Waals surface area contributed by atoms with Crippen LogP contribution in [0, 0.1) is 5.82 Å². The van der Waals surface area contributed by atoms with Gasteiger partial charge in [0.15, 0.2) is 5.76 Å². The first-order valence-electron chi connectivity index (χ1n) is 8.27. The summed E-state index contributed by atoms with van der Waals surface area (Å²) in [6.45, 7) is 0.619. The summed E-state index contributed by atoms with van der Waals surface area (Å²) >= 11 is 1.65. The highest BCUT2D eigenvalue weighted by atomic mass is 32.1. The Hall–Kier alpha value is -1.98. The average Bonchev–Trinajstić information content (AvgIpc) is 3.34. The topological polar surface area (TPSA) is 38.1 Å². The van der Waals surface area contributed by atoms with Crippen molar-refractivity contribution < 1.29 is 8.81 Å². The molecule has 0 saturated heterocycles. The number of halogens is 1. The zero-order valence-electron chi connectivity index (χ0n) is 13.2. The summed E-state index contributed by atoms with van der Waals surface area (Å²) in [5.74, 6) is 1.78. The van der Waals surface area contributed by atoms with Crippen molar-refractivity contribution in [2.75, 3.05) is 0 Å². The number of rotatable bonds is 5. The van der Waals surface area contributed by atoms with Crippen molar-refractivity contribution >= 4 is 11.3 Å². The first-order chi connectivity index (χ1) is 11.8. The van der Waals surface area contributed by atoms with Crippen LogP contribution in [0.4, 0.5) is 4.39 Å². The fourth-order valence-corrected chi connectivity index (χ4v) is 4.13. The summed E-state index contributed by atoms with van der Waals surface area (Å²) in [7, 11) is 0. The maximum Gasteiger partial charge on any atom is 0.208 e. The average molecular weight is 342 g/mol. The van der Waals surface area contributed by atoms with E-state index < -0.39 is 0 Å². The Morgan fingerprint density at radius 3 is 2.88 bits per heavy atom. The molecule has 0 bridgehead atoms. The van der Waals surface area contributed by atoms with Gasteiger partial charge < -0.3 is 9.73 Å². The van der Waals surface area contributed by atoms with E-state index in [0.29, 0.717) is 24.4 Å². The first-order valence-corrected chi connectivity index (χ1v) is 9.15. The minimum Gasteiger partial charge on any atom is -0.438 e. The molecule has 2 aromatic heterocycles. The lowest BCUT2D eigenvalue weighted by Gasteiger charge is -2.20. The Kier molecular flexibility index (Phi) is 4.45. The summed E-state index contributed by atoms with van der Waals surface area (Å²) in [5.41, 5.74) is 1.21. The lowest BCUT2D eigenvalue weighted by molar-refractivity contribution is 0.421. The molecule has 24 heavy (non-hydrogen) atoms. The predicted octanol–water partition coefficient (Wildman–Crippen LogP) is 4.97. The third-order valence-electron chi connectivity index (χ3n) is 4.65. The Balaban J connectivity index is 1.40. The van der Waals surface area contributed by atoms with E-state index in [1.807, 2.05) is 29.6 Å². The molecule has 124 valence electrons. The van der Waals surface area contributed by atoms with Gasteiger partial charge in [-0.2, -0.15) is 0 Å². The van der Waals surface area contributed by atoms with Crippen LogP contribution in [0.1, 0.15) is 36.6 Å². The first kappa shape index (κ1) is 15.5. The highest BCUT2D eigenvalue weighted by Crippen LogP contribution is 2.35. The zero-order chi connectivity index (χ0) is 16.4. The van der Waals surface area contributed by atoms with Crippen molar-refractivity contribution in [2.24, 2.45) is 0 Å². The molecule has 0 spiro atoms. The summed E-state index contributed by atoms with van der Waals surface area (Å²) in [6.07, 6.45) is 5.23. The molecule has 2 atom stereocenters. The lowest BCUT2D eigenvalue weighted by Crippen LogP contribution is -2.30. The van der Waals surface area contributed by atoms with Gasteiger partial charge in [-0.3, -0.25) is 0 Å². The minimum atomic E-state index is -0.179. The molecule has 1 saturated carbocycles. The Labute approximate surface area is 144 Å². The Morgan fingerprint density at radius 1 is 1.21 bits per heavy atom. The van der Waals surface area contributed by atoms with Crippen LogP contribution < -0.4 is 5.32 Å². The molecule has 1 aromatic carbocycles. The van der Waals surface area contributed by atoms with Gasteiger partial charge in [-0.15, -0.1) is 11.3 Å². The van der Waals surface area contributed by atoms with Crippen molar-refractivity contribution in [3.8, 4) is 10.6 Å². The van der Waals surface area contributed by atoms with Crippen LogP contribution >= 0.6 is 11.3 Å². The molecule has 4 rings (SSSR count). The van der Waals surface area contributed by atoms with Crippen molar-refractivity contribution in [2.45, 2.75) is 37.8 Å². The standard InChI is InChI=1S/C19H19FN2OS/c20-14-8-6-13(7-9-14)15-3-1-4-16(15)21-12-19-22-11-17(23-19)18-5-2-10-24-18/h2,5-11,15-16,21H,1,3-4,12H2/t15-,16+/m1/s1. The third kappa shape index (κ3) is 3.28. The smallest absolute Gasteiger partial charge is 0.208 e. The van der Waals surface area contributed by atoms with Gasteiger partial charge in [0.05, 0.1) is 17.6 Å². The highest BCUT2D eigenvalue weighted by Gasteiger charge is 2.28. The van der Waals surface area contributed by atoms with Crippen LogP contribution in [0.15, 0.2) is 52.4 Å². The molecule has 2 heterocycles. The lowest BCUT2D eigenvalue weighted by atomic mass is 9.94. The number of benzene rings is 1. The van der Waals surface area contributed by atoms with E-state index >= 15 is 0 Å². The molecular formula is C19H19FN2OS. The summed E-state index contributed by atoms with van der Waals surface area (Å²) in [5, 5.41) is 5.60. The van der Waals surface area contributed by atoms with E-state index in [9.17, 15) is 4.39 Å². The predicted molar refractivity (Wildman–Crippen MR) is 93.4 cm³/mol. The van der Waals surface area contributed by atoms with Crippen LogP contribution in [-0.4, -0.2) is 11.0 Å². The molecule has 0 radical (unpaired) electrons. The number of nitrogens with zero attached hydrogens (tertiary/aromatic N) is 1. The molecule has 0 unspecified atom stereocenters. The highest BCUT2D eigenvalue weighted by molar-refractivity contribution is 7.13. The Morgan fingerprint density at radius 2 is 2.08 bits per heavy atom. The summed E-state index contributed by atoms with van der Waals surface area (Å²) < 4.78 is 19.0. The van der Waals surface area contributed by atoms with Crippen molar-refractivity contribution in [1.29, 1.82) is 0 Å². The van der Waals surface area contributed by atoms with E-state index in [-0.39, 0.29) is 5.82 Å². The molecule has 5 heteroatoms. The molecule has 1 fully saturated rings. The van der Waals surface area contributed by atoms with Gasteiger partial charge in [0.2, 0.25) is 5.89 Å². The van der Waals surface area contributed by atoms with E-state index in [0.717, 1.165) is 23.5 Å². The van der Waals surface area contributed by atoms with Gasteiger partial charge >= 0.3 is 0 Å². The van der Waals surface area contributed by atoms with E-state index in [1.54, 1.807) is 29.7 Å². The number of thiophene rings is 1. The maximum absolute atomic E-state index is 13.1. The van der Waals surface area contributed by atoms with Crippen LogP contribution in [0.5, 0.6) is 0 Å². The van der Waals surface area contributed by atoms with E-state index in [1.165, 1.54) is 12.0 Å². The van der Waals surface area contributed by atoms with Gasteiger partial charge in [0.25, 0.3) is 0 Å². The van der Waals surface area contributed by atoms with Crippen molar-refractivity contribution in [1.82, 2.24) is 10.3 Å². The molecule has 0 aliphatic heterocycles. The maximum atomic E-state index is 13.1. The van der Waals surface area contributed by atoms with Crippen LogP contribution in [0.25, 0.3) is 10.6 Å². The second-order valence-corrected chi connectivity index (χ2v) is 7.12. The Bertz CT molecular complexity index is 782. The van der Waals surface area contributed by atoms with Gasteiger partial charge in [0, 0.05) is 6.04 Å². The number of hydrogen-bond donors (Lipinski definition) is 1. The molecule has 3 nitrogen and oxygen atoms in total. The molecule has 1 aliphatic carbocycles. The van der Waals surface area contributed by atoms with Crippen LogP contribution in [0.2, 0.25) is 0 Å². The van der Waals surface area contributed by atoms with Crippen LogP contribution in [-0.2, 0) is 6.54 Å². The molecule has 1 N–H and O–H groups in total. The molecule has 0 amide bonds. The normalized spacial score (nSPS) is 20.5. The number of oxazole rings is 1. The van der Waals surface area contributed by atoms with E-state index in [4.69, 9.17) is 4.42 Å². The van der Waals surface area contributed by atoms with Gasteiger partial charge in [-0.1, -0.05) is 24.6 Å². The number of nitrogens with one attached hydrogen (secondary N) is 1. The second-order valence-electron chi connectivity index (χ2n) is 6.17. The third-order valence-corrected chi connectivity index (χ3v) is 5.53. The zero-order valence-corrected chi connectivity index (χ0v) is 14.1. The van der Waals surface area contributed by atoms with Gasteiger partial charge in [-0.25, -0.2) is 9.37 Å². The fourth-order valence-electron chi connectivity index (χ4n) is 3.46. The summed E-state index contributed by atoms with van der Waals surface area (Å²) in [4.78, 5) is 5.47. The van der Waals surface area contributed by atoms with Crippen molar-refractivity contribution in [3.63, 3.8) is 0 Å². The largest absolute Gasteiger partial charge is 0.438 e. The van der Waals surface area contributed by atoms with Gasteiger partial charge in [0.1, 0.15) is 5.82 Å². The monoisotopic (exact) mass is 342 g/mol. The summed E-state index contributed by atoms with van der Waals surface area (Å²) in [6, 6.07) is 11.3. The fraction of sp³-hybridized carbons (Fsp3) is 0.316. The second kappa shape index (κ2) is 6.87. The number of hydrogen-bond acceptors (Lipinski definition) is 4. The van der Waals surface area contributed by atoms with E-state index in [2.05, 4.69) is 10.3 Å². The molecule has 3 aromatic rings. The SMILES string of the molecule is Fc1ccc([C@H]2CCC[C@@H]2NCc2ncc(-c3cccs3)o2)cc1. The van der Waals surface area contributed by atoms with Gasteiger partial charge in [-0.05, 0) is 47.9 Å². The minimum absolute atomic E-state index is 0.179. The van der Waals surface area contributed by atoms with Crippen LogP contribution in [0.3, 0.4) is 0 Å². The van der Waals surface area contributed by atoms with Crippen molar-refractivity contribution in [3.05, 3.63) is 65.2 Å². The molecule has 1 aliphatic rings. The molecular weight excluding hydrogens is 323 g/mol. The quantitative estimate of drug-likeness (QED) is 0.711. The number of aromatic nitrogens is 1.